The van der Waals surface area contributed by atoms with Crippen LogP contribution in [-0.4, -0.2) is 57.7 Å². The molecule has 9 nitrogen and oxygen atoms in total. The summed E-state index contributed by atoms with van der Waals surface area (Å²) in [7, 11) is 3.64. The van der Waals surface area contributed by atoms with Crippen LogP contribution in [0.3, 0.4) is 0 Å². The third kappa shape index (κ3) is 4.64. The summed E-state index contributed by atoms with van der Waals surface area (Å²) in [6, 6.07) is 0. The minimum atomic E-state index is -1.06. The fraction of sp³-hybridized carbons (Fsp3) is 0.600. The van der Waals surface area contributed by atoms with E-state index in [0.29, 0.717) is 6.54 Å². The Labute approximate surface area is 110 Å². The molecule has 0 amide bonds. The zero-order valence-corrected chi connectivity index (χ0v) is 11.1. The van der Waals surface area contributed by atoms with Crippen LogP contribution in [0.15, 0.2) is 6.20 Å². The molecule has 1 aromatic heterocycles. The molecule has 0 saturated heterocycles. The smallest absolute Gasteiger partial charge is 0.329 e. The first-order valence-corrected chi connectivity index (χ1v) is 5.59. The SMILES string of the molecule is CN(C)CC(C)(O)CNc1nc(N)ncc1[N+](=O)[O-]. The summed E-state index contributed by atoms with van der Waals surface area (Å²) in [5.41, 5.74) is 4.05. The summed E-state index contributed by atoms with van der Waals surface area (Å²) in [5, 5.41) is 23.6. The van der Waals surface area contributed by atoms with Gasteiger partial charge in [0.25, 0.3) is 0 Å². The molecule has 0 aromatic carbocycles. The van der Waals surface area contributed by atoms with Crippen LogP contribution in [-0.2, 0) is 0 Å². The van der Waals surface area contributed by atoms with Gasteiger partial charge in [-0.25, -0.2) is 4.98 Å². The molecule has 0 saturated carbocycles. The third-order valence-corrected chi connectivity index (χ3v) is 2.28. The zero-order valence-electron chi connectivity index (χ0n) is 11.1. The van der Waals surface area contributed by atoms with Gasteiger partial charge in [-0.05, 0) is 21.0 Å². The fourth-order valence-electron chi connectivity index (χ4n) is 1.66. The van der Waals surface area contributed by atoms with Gasteiger partial charge in [0.1, 0.15) is 6.20 Å². The van der Waals surface area contributed by atoms with Gasteiger partial charge in [0.15, 0.2) is 0 Å². The first-order chi connectivity index (χ1) is 8.71. The molecular formula is C10H18N6O3. The van der Waals surface area contributed by atoms with Crippen LogP contribution < -0.4 is 11.1 Å². The number of nitrogen functional groups attached to an aromatic ring is 1. The Kier molecular flexibility index (Phi) is 4.57. The van der Waals surface area contributed by atoms with Crippen molar-refractivity contribution in [1.82, 2.24) is 14.9 Å². The van der Waals surface area contributed by atoms with E-state index in [4.69, 9.17) is 5.73 Å². The van der Waals surface area contributed by atoms with E-state index >= 15 is 0 Å². The standard InChI is InChI=1S/C10H18N6O3/c1-10(17,6-15(2)3)5-13-8-7(16(18)19)4-12-9(11)14-8/h4,17H,5-6H2,1-3H3,(H3,11,12,13,14). The highest BCUT2D eigenvalue weighted by molar-refractivity contribution is 5.56. The molecule has 1 rings (SSSR count). The van der Waals surface area contributed by atoms with Crippen molar-refractivity contribution in [2.45, 2.75) is 12.5 Å². The first-order valence-electron chi connectivity index (χ1n) is 5.59. The quantitative estimate of drug-likeness (QED) is 0.474. The number of nitrogens with two attached hydrogens (primary N) is 1. The van der Waals surface area contributed by atoms with Gasteiger partial charge in [-0.2, -0.15) is 4.98 Å². The second kappa shape index (κ2) is 5.76. The number of nitro groups is 1. The molecule has 0 fully saturated rings. The van der Waals surface area contributed by atoms with Crippen molar-refractivity contribution in [2.24, 2.45) is 0 Å². The molecule has 0 bridgehead atoms. The first kappa shape index (κ1) is 15.1. The van der Waals surface area contributed by atoms with Crippen molar-refractivity contribution in [3.05, 3.63) is 16.3 Å². The number of rotatable bonds is 6. The normalized spacial score (nSPS) is 14.2. The van der Waals surface area contributed by atoms with Crippen LogP contribution >= 0.6 is 0 Å². The Bertz CT molecular complexity index is 463. The summed E-state index contributed by atoms with van der Waals surface area (Å²) < 4.78 is 0. The molecule has 0 spiro atoms. The lowest BCUT2D eigenvalue weighted by atomic mass is 10.1. The maximum absolute atomic E-state index is 10.8. The van der Waals surface area contributed by atoms with Crippen LogP contribution in [0.2, 0.25) is 0 Å². The molecule has 0 aliphatic carbocycles. The molecule has 0 aliphatic heterocycles. The Hall–Kier alpha value is -2.00. The minimum Gasteiger partial charge on any atom is -0.387 e. The highest BCUT2D eigenvalue weighted by atomic mass is 16.6. The van der Waals surface area contributed by atoms with Gasteiger partial charge >= 0.3 is 5.69 Å². The van der Waals surface area contributed by atoms with Crippen molar-refractivity contribution in [2.75, 3.05) is 38.2 Å². The number of anilines is 2. The summed E-state index contributed by atoms with van der Waals surface area (Å²) in [4.78, 5) is 19.3. The van der Waals surface area contributed by atoms with Gasteiger partial charge in [-0.15, -0.1) is 0 Å². The lowest BCUT2D eigenvalue weighted by molar-refractivity contribution is -0.384. The maximum Gasteiger partial charge on any atom is 0.329 e. The van der Waals surface area contributed by atoms with Gasteiger partial charge in [0, 0.05) is 13.1 Å². The second-order valence-corrected chi connectivity index (χ2v) is 4.81. The van der Waals surface area contributed by atoms with Crippen molar-refractivity contribution in [3.8, 4) is 0 Å². The van der Waals surface area contributed by atoms with E-state index in [0.717, 1.165) is 6.20 Å². The summed E-state index contributed by atoms with van der Waals surface area (Å²) in [5.74, 6) is -0.0723. The van der Waals surface area contributed by atoms with E-state index in [9.17, 15) is 15.2 Å². The molecule has 106 valence electrons. The number of nitrogens with one attached hydrogen (secondary N) is 1. The van der Waals surface area contributed by atoms with Crippen LogP contribution in [0.5, 0.6) is 0 Å². The topological polar surface area (TPSA) is 130 Å². The van der Waals surface area contributed by atoms with E-state index < -0.39 is 10.5 Å². The second-order valence-electron chi connectivity index (χ2n) is 4.81. The summed E-state index contributed by atoms with van der Waals surface area (Å²) >= 11 is 0. The van der Waals surface area contributed by atoms with Crippen LogP contribution in [0.1, 0.15) is 6.92 Å². The lowest BCUT2D eigenvalue weighted by Gasteiger charge is -2.27. The van der Waals surface area contributed by atoms with Crippen LogP contribution in [0.4, 0.5) is 17.5 Å². The molecule has 1 heterocycles. The van der Waals surface area contributed by atoms with E-state index in [1.807, 2.05) is 19.0 Å². The molecule has 0 radical (unpaired) electrons. The number of aliphatic hydroxyl groups is 1. The number of hydrogen-bond acceptors (Lipinski definition) is 8. The minimum absolute atomic E-state index is 0.00321. The number of aromatic nitrogens is 2. The average molecular weight is 270 g/mol. The predicted octanol–water partition coefficient (Wildman–Crippen LogP) is -0.308. The van der Waals surface area contributed by atoms with E-state index in [-0.39, 0.29) is 24.0 Å². The fourth-order valence-corrected chi connectivity index (χ4v) is 1.66. The highest BCUT2D eigenvalue weighted by Gasteiger charge is 2.24. The van der Waals surface area contributed by atoms with Crippen molar-refractivity contribution >= 4 is 17.5 Å². The van der Waals surface area contributed by atoms with E-state index in [1.165, 1.54) is 0 Å². The van der Waals surface area contributed by atoms with E-state index in [1.54, 1.807) is 6.92 Å². The molecule has 1 atom stereocenters. The predicted molar refractivity (Wildman–Crippen MR) is 70.8 cm³/mol. The molecule has 19 heavy (non-hydrogen) atoms. The average Bonchev–Trinajstić information content (AvgIpc) is 2.24. The van der Waals surface area contributed by atoms with Crippen molar-refractivity contribution < 1.29 is 10.0 Å². The van der Waals surface area contributed by atoms with Crippen molar-refractivity contribution in [3.63, 3.8) is 0 Å². The Morgan fingerprint density at radius 3 is 2.79 bits per heavy atom. The zero-order chi connectivity index (χ0) is 14.6. The largest absolute Gasteiger partial charge is 0.387 e. The van der Waals surface area contributed by atoms with Gasteiger partial charge in [-0.3, -0.25) is 10.1 Å². The van der Waals surface area contributed by atoms with Gasteiger partial charge in [-0.1, -0.05) is 0 Å². The maximum atomic E-state index is 10.8. The van der Waals surface area contributed by atoms with Gasteiger partial charge in [0.2, 0.25) is 11.8 Å². The Balaban J connectivity index is 2.82. The highest BCUT2D eigenvalue weighted by Crippen LogP contribution is 2.21. The van der Waals surface area contributed by atoms with Crippen LogP contribution in [0, 0.1) is 10.1 Å². The monoisotopic (exact) mass is 270 g/mol. The number of hydrogen-bond donors (Lipinski definition) is 3. The molecule has 1 aromatic rings. The molecule has 0 aliphatic rings. The lowest BCUT2D eigenvalue weighted by Crippen LogP contribution is -2.43. The third-order valence-electron chi connectivity index (χ3n) is 2.28. The summed E-state index contributed by atoms with van der Waals surface area (Å²) in [6.07, 6.45) is 1.03. The number of nitrogens with zero attached hydrogens (tertiary/aromatic N) is 4. The van der Waals surface area contributed by atoms with Crippen molar-refractivity contribution in [1.29, 1.82) is 0 Å². The van der Waals surface area contributed by atoms with Crippen LogP contribution in [0.25, 0.3) is 0 Å². The molecule has 4 N–H and O–H groups in total. The Morgan fingerprint density at radius 1 is 1.63 bits per heavy atom. The summed E-state index contributed by atoms with van der Waals surface area (Å²) in [6.45, 7) is 2.12. The molecule has 9 heteroatoms. The molecular weight excluding hydrogens is 252 g/mol. The Morgan fingerprint density at radius 2 is 2.26 bits per heavy atom. The van der Waals surface area contributed by atoms with Gasteiger partial charge < -0.3 is 21.1 Å². The van der Waals surface area contributed by atoms with E-state index in [2.05, 4.69) is 15.3 Å². The number of likely N-dealkylation sites (N-methyl/N-ethyl adjacent to an activating group) is 1. The van der Waals surface area contributed by atoms with Gasteiger partial charge in [0.05, 0.1) is 10.5 Å². The molecule has 1 unspecified atom stereocenters.